The van der Waals surface area contributed by atoms with Gasteiger partial charge in [-0.3, -0.25) is 0 Å². The van der Waals surface area contributed by atoms with Crippen molar-refractivity contribution in [1.82, 2.24) is 4.90 Å². The van der Waals surface area contributed by atoms with Gasteiger partial charge in [-0.1, -0.05) is 51.9 Å². The Kier molecular flexibility index (Phi) is 8.70. The molecule has 2 atom stereocenters. The Morgan fingerprint density at radius 2 is 1.67 bits per heavy atom. The number of rotatable bonds is 9. The number of hydrogen-bond acceptors (Lipinski definition) is 2. The van der Waals surface area contributed by atoms with Crippen LogP contribution in [-0.2, 0) is 0 Å². The summed E-state index contributed by atoms with van der Waals surface area (Å²) in [6.07, 6.45) is 13.9. The van der Waals surface area contributed by atoms with Gasteiger partial charge in [0.05, 0.1) is 0 Å². The highest BCUT2D eigenvalue weighted by molar-refractivity contribution is 4.82. The van der Waals surface area contributed by atoms with Gasteiger partial charge in [-0.15, -0.1) is 0 Å². The monoisotopic (exact) mass is 254 g/mol. The molecule has 0 aliphatic heterocycles. The number of unbranched alkanes of at least 4 members (excludes halogenated alkanes) is 5. The number of nitrogens with two attached hydrogens (primary N) is 1. The fourth-order valence-corrected chi connectivity index (χ4v) is 3.35. The lowest BCUT2D eigenvalue weighted by Crippen LogP contribution is -2.43. The zero-order valence-corrected chi connectivity index (χ0v) is 12.7. The molecule has 1 aliphatic rings. The standard InChI is InChI=1S/C16H34N2/c1-3-4-5-6-7-10-13-18(2)16-12-9-8-11-15(16)14-17/h15-16H,3-14,17H2,1-2H3. The van der Waals surface area contributed by atoms with Crippen molar-refractivity contribution in [3.63, 3.8) is 0 Å². The molecule has 0 amide bonds. The smallest absolute Gasteiger partial charge is 0.0132 e. The van der Waals surface area contributed by atoms with E-state index in [-0.39, 0.29) is 0 Å². The van der Waals surface area contributed by atoms with E-state index in [0.29, 0.717) is 0 Å². The van der Waals surface area contributed by atoms with Crippen LogP contribution >= 0.6 is 0 Å². The lowest BCUT2D eigenvalue weighted by Gasteiger charge is -2.37. The van der Waals surface area contributed by atoms with E-state index in [0.717, 1.165) is 18.5 Å². The molecule has 1 rings (SSSR count). The highest BCUT2D eigenvalue weighted by Gasteiger charge is 2.26. The Balaban J connectivity index is 2.12. The maximum atomic E-state index is 5.91. The number of hydrogen-bond donors (Lipinski definition) is 1. The van der Waals surface area contributed by atoms with Crippen molar-refractivity contribution in [3.8, 4) is 0 Å². The summed E-state index contributed by atoms with van der Waals surface area (Å²) in [7, 11) is 2.31. The van der Waals surface area contributed by atoms with E-state index in [1.807, 2.05) is 0 Å². The van der Waals surface area contributed by atoms with Crippen molar-refractivity contribution in [2.75, 3.05) is 20.1 Å². The minimum Gasteiger partial charge on any atom is -0.330 e. The van der Waals surface area contributed by atoms with Crippen LogP contribution in [0.15, 0.2) is 0 Å². The summed E-state index contributed by atoms with van der Waals surface area (Å²) in [6.45, 7) is 4.43. The zero-order chi connectivity index (χ0) is 13.2. The van der Waals surface area contributed by atoms with Gasteiger partial charge in [-0.05, 0) is 45.3 Å². The summed E-state index contributed by atoms with van der Waals surface area (Å²) >= 11 is 0. The summed E-state index contributed by atoms with van der Waals surface area (Å²) in [5.74, 6) is 0.754. The lowest BCUT2D eigenvalue weighted by molar-refractivity contribution is 0.131. The van der Waals surface area contributed by atoms with Crippen molar-refractivity contribution in [2.24, 2.45) is 11.7 Å². The highest BCUT2D eigenvalue weighted by Crippen LogP contribution is 2.27. The van der Waals surface area contributed by atoms with Crippen LogP contribution < -0.4 is 5.73 Å². The first kappa shape index (κ1) is 16.0. The van der Waals surface area contributed by atoms with Crippen molar-refractivity contribution in [3.05, 3.63) is 0 Å². The van der Waals surface area contributed by atoms with Crippen LogP contribution in [0.2, 0.25) is 0 Å². The van der Waals surface area contributed by atoms with Gasteiger partial charge >= 0.3 is 0 Å². The predicted octanol–water partition coefficient (Wildman–Crippen LogP) is 3.80. The van der Waals surface area contributed by atoms with Crippen LogP contribution in [0, 0.1) is 5.92 Å². The Bertz CT molecular complexity index is 194. The topological polar surface area (TPSA) is 29.3 Å². The third-order valence-electron chi connectivity index (χ3n) is 4.60. The molecule has 0 aromatic rings. The molecular weight excluding hydrogens is 220 g/mol. The van der Waals surface area contributed by atoms with Crippen LogP contribution in [0.1, 0.15) is 71.1 Å². The molecule has 0 aromatic carbocycles. The molecule has 1 fully saturated rings. The molecule has 0 aromatic heterocycles. The van der Waals surface area contributed by atoms with E-state index in [4.69, 9.17) is 5.73 Å². The number of nitrogens with zero attached hydrogens (tertiary/aromatic N) is 1. The van der Waals surface area contributed by atoms with Gasteiger partial charge in [0.15, 0.2) is 0 Å². The second-order valence-corrected chi connectivity index (χ2v) is 6.10. The summed E-state index contributed by atoms with van der Waals surface area (Å²) < 4.78 is 0. The van der Waals surface area contributed by atoms with Gasteiger partial charge in [0.25, 0.3) is 0 Å². The zero-order valence-electron chi connectivity index (χ0n) is 12.7. The second kappa shape index (κ2) is 9.80. The maximum absolute atomic E-state index is 5.91. The van der Waals surface area contributed by atoms with Gasteiger partial charge in [-0.25, -0.2) is 0 Å². The first-order valence-corrected chi connectivity index (χ1v) is 8.20. The molecule has 0 heterocycles. The summed E-state index contributed by atoms with van der Waals surface area (Å²) in [5.41, 5.74) is 5.91. The molecule has 2 heteroatoms. The average molecular weight is 254 g/mol. The molecule has 18 heavy (non-hydrogen) atoms. The van der Waals surface area contributed by atoms with E-state index in [1.165, 1.54) is 70.8 Å². The molecule has 2 unspecified atom stereocenters. The molecular formula is C16H34N2. The highest BCUT2D eigenvalue weighted by atomic mass is 15.1. The Morgan fingerprint density at radius 3 is 2.39 bits per heavy atom. The van der Waals surface area contributed by atoms with Gasteiger partial charge in [0.2, 0.25) is 0 Å². The van der Waals surface area contributed by atoms with Crippen LogP contribution in [0.3, 0.4) is 0 Å². The van der Waals surface area contributed by atoms with E-state index in [1.54, 1.807) is 0 Å². The van der Waals surface area contributed by atoms with Crippen molar-refractivity contribution in [1.29, 1.82) is 0 Å². The molecule has 2 nitrogen and oxygen atoms in total. The second-order valence-electron chi connectivity index (χ2n) is 6.10. The first-order valence-electron chi connectivity index (χ1n) is 8.20. The molecule has 1 saturated carbocycles. The first-order chi connectivity index (χ1) is 8.79. The molecule has 0 spiro atoms. The Labute approximate surface area is 114 Å². The largest absolute Gasteiger partial charge is 0.330 e. The minimum absolute atomic E-state index is 0.754. The van der Waals surface area contributed by atoms with E-state index < -0.39 is 0 Å². The normalized spacial score (nSPS) is 24.7. The minimum atomic E-state index is 0.754. The fraction of sp³-hybridized carbons (Fsp3) is 1.00. The van der Waals surface area contributed by atoms with Crippen molar-refractivity contribution < 1.29 is 0 Å². The Morgan fingerprint density at radius 1 is 1.00 bits per heavy atom. The summed E-state index contributed by atoms with van der Waals surface area (Å²) in [5, 5.41) is 0. The molecule has 2 N–H and O–H groups in total. The van der Waals surface area contributed by atoms with Crippen LogP contribution in [0.4, 0.5) is 0 Å². The van der Waals surface area contributed by atoms with Crippen LogP contribution in [-0.4, -0.2) is 31.1 Å². The molecule has 0 radical (unpaired) electrons. The van der Waals surface area contributed by atoms with Crippen LogP contribution in [0.25, 0.3) is 0 Å². The molecule has 0 saturated heterocycles. The molecule has 108 valence electrons. The van der Waals surface area contributed by atoms with Crippen molar-refractivity contribution >= 4 is 0 Å². The third-order valence-corrected chi connectivity index (χ3v) is 4.60. The van der Waals surface area contributed by atoms with E-state index in [9.17, 15) is 0 Å². The molecule has 1 aliphatic carbocycles. The average Bonchev–Trinajstić information content (AvgIpc) is 2.42. The van der Waals surface area contributed by atoms with Gasteiger partial charge in [-0.2, -0.15) is 0 Å². The van der Waals surface area contributed by atoms with Gasteiger partial charge in [0.1, 0.15) is 0 Å². The SMILES string of the molecule is CCCCCCCCN(C)C1CCCCC1CN. The van der Waals surface area contributed by atoms with Gasteiger partial charge < -0.3 is 10.6 Å². The quantitative estimate of drug-likeness (QED) is 0.634. The van der Waals surface area contributed by atoms with Gasteiger partial charge in [0, 0.05) is 6.04 Å². The van der Waals surface area contributed by atoms with Crippen LogP contribution in [0.5, 0.6) is 0 Å². The summed E-state index contributed by atoms with van der Waals surface area (Å²) in [6, 6.07) is 0.763. The van der Waals surface area contributed by atoms with Crippen molar-refractivity contribution in [2.45, 2.75) is 77.2 Å². The predicted molar refractivity (Wildman–Crippen MR) is 80.8 cm³/mol. The fourth-order valence-electron chi connectivity index (χ4n) is 3.35. The summed E-state index contributed by atoms with van der Waals surface area (Å²) in [4.78, 5) is 2.59. The maximum Gasteiger partial charge on any atom is 0.0132 e. The van der Waals surface area contributed by atoms with E-state index >= 15 is 0 Å². The molecule has 0 bridgehead atoms. The van der Waals surface area contributed by atoms with E-state index in [2.05, 4.69) is 18.9 Å². The Hall–Kier alpha value is -0.0800. The lowest BCUT2D eigenvalue weighted by atomic mass is 9.83. The third kappa shape index (κ3) is 5.71.